The van der Waals surface area contributed by atoms with Gasteiger partial charge in [-0.25, -0.2) is 0 Å². The van der Waals surface area contributed by atoms with Crippen LogP contribution in [0.5, 0.6) is 23.0 Å². The van der Waals surface area contributed by atoms with Crippen molar-refractivity contribution < 1.29 is 33.3 Å². The Morgan fingerprint density at radius 3 is 2.41 bits per heavy atom. The van der Waals surface area contributed by atoms with Crippen molar-refractivity contribution in [1.29, 1.82) is 0 Å². The van der Waals surface area contributed by atoms with Crippen LogP contribution in [0.25, 0.3) is 0 Å². The normalized spacial score (nSPS) is 12.2. The van der Waals surface area contributed by atoms with Crippen LogP contribution in [0, 0.1) is 0 Å². The third kappa shape index (κ3) is 4.49. The molecule has 2 aromatic rings. The van der Waals surface area contributed by atoms with Gasteiger partial charge in [0.15, 0.2) is 35.4 Å². The molecule has 0 aromatic heterocycles. The first kappa shape index (κ1) is 18.6. The van der Waals surface area contributed by atoms with Crippen LogP contribution in [0.4, 0.5) is 0 Å². The van der Waals surface area contributed by atoms with E-state index < -0.39 is 5.97 Å². The number of methoxy groups -OCH3 is 2. The summed E-state index contributed by atoms with van der Waals surface area (Å²) in [4.78, 5) is 24.3. The molecule has 0 saturated heterocycles. The van der Waals surface area contributed by atoms with Gasteiger partial charge < -0.3 is 23.7 Å². The van der Waals surface area contributed by atoms with Crippen molar-refractivity contribution in [1.82, 2.24) is 0 Å². The molecule has 3 rings (SSSR count). The zero-order valence-electron chi connectivity index (χ0n) is 15.2. The molecule has 0 amide bonds. The number of hydrogen-bond donors (Lipinski definition) is 0. The van der Waals surface area contributed by atoms with Gasteiger partial charge in [0.2, 0.25) is 0 Å². The van der Waals surface area contributed by atoms with Gasteiger partial charge in [-0.2, -0.15) is 0 Å². The molecule has 0 bridgehead atoms. The van der Waals surface area contributed by atoms with Crippen LogP contribution in [-0.4, -0.2) is 45.8 Å². The van der Waals surface area contributed by atoms with E-state index in [1.807, 2.05) is 0 Å². The minimum Gasteiger partial charge on any atom is -0.493 e. The molecule has 1 heterocycles. The summed E-state index contributed by atoms with van der Waals surface area (Å²) in [6.45, 7) is 0.574. The van der Waals surface area contributed by atoms with Crippen LogP contribution in [0.1, 0.15) is 15.9 Å². The quantitative estimate of drug-likeness (QED) is 0.545. The van der Waals surface area contributed by atoms with Gasteiger partial charge in [0.1, 0.15) is 13.2 Å². The van der Waals surface area contributed by atoms with Crippen LogP contribution in [-0.2, 0) is 16.0 Å². The Morgan fingerprint density at radius 2 is 1.67 bits per heavy atom. The number of rotatable bonds is 7. The van der Waals surface area contributed by atoms with Gasteiger partial charge in [-0.05, 0) is 35.9 Å². The molecule has 0 spiro atoms. The number of hydrogen-bond acceptors (Lipinski definition) is 7. The van der Waals surface area contributed by atoms with Gasteiger partial charge in [0.05, 0.1) is 20.6 Å². The predicted molar refractivity (Wildman–Crippen MR) is 96.0 cm³/mol. The zero-order valence-corrected chi connectivity index (χ0v) is 15.2. The number of ether oxygens (including phenoxy) is 5. The highest BCUT2D eigenvalue weighted by Gasteiger charge is 2.16. The van der Waals surface area contributed by atoms with E-state index in [0.717, 1.165) is 0 Å². The Balaban J connectivity index is 1.56. The van der Waals surface area contributed by atoms with Gasteiger partial charge in [0, 0.05) is 5.56 Å². The van der Waals surface area contributed by atoms with Crippen LogP contribution in [0.3, 0.4) is 0 Å². The highest BCUT2D eigenvalue weighted by molar-refractivity contribution is 5.98. The van der Waals surface area contributed by atoms with Crippen molar-refractivity contribution >= 4 is 11.8 Å². The van der Waals surface area contributed by atoms with E-state index in [-0.39, 0.29) is 18.8 Å². The summed E-state index contributed by atoms with van der Waals surface area (Å²) in [5, 5.41) is 0. The Kier molecular flexibility index (Phi) is 5.80. The van der Waals surface area contributed by atoms with Crippen LogP contribution in [0.15, 0.2) is 36.4 Å². The molecule has 27 heavy (non-hydrogen) atoms. The zero-order chi connectivity index (χ0) is 19.2. The maximum Gasteiger partial charge on any atom is 0.310 e. The lowest BCUT2D eigenvalue weighted by atomic mass is 10.1. The monoisotopic (exact) mass is 372 g/mol. The molecule has 0 radical (unpaired) electrons. The number of carbonyl (C=O) groups excluding carboxylic acids is 2. The molecule has 0 saturated carbocycles. The molecule has 0 aliphatic carbocycles. The molecule has 0 N–H and O–H groups in total. The molecular formula is C20H20O7. The van der Waals surface area contributed by atoms with E-state index in [1.54, 1.807) is 36.4 Å². The van der Waals surface area contributed by atoms with E-state index in [1.165, 1.54) is 14.2 Å². The molecule has 1 aliphatic heterocycles. The topological polar surface area (TPSA) is 80.3 Å². The third-order valence-electron chi connectivity index (χ3n) is 4.02. The summed E-state index contributed by atoms with van der Waals surface area (Å²) in [5.74, 6) is 1.39. The van der Waals surface area contributed by atoms with Crippen LogP contribution >= 0.6 is 0 Å². The molecule has 0 atom stereocenters. The largest absolute Gasteiger partial charge is 0.493 e. The fourth-order valence-corrected chi connectivity index (χ4v) is 2.65. The van der Waals surface area contributed by atoms with Gasteiger partial charge in [-0.15, -0.1) is 0 Å². The van der Waals surface area contributed by atoms with Gasteiger partial charge in [0.25, 0.3) is 0 Å². The molecule has 2 aromatic carbocycles. The fraction of sp³-hybridized carbons (Fsp3) is 0.300. The summed E-state index contributed by atoms with van der Waals surface area (Å²) in [6, 6.07) is 10.0. The SMILES string of the molecule is COc1ccc(CC(=O)OCC(=O)c2ccc3c(c2)OCCO3)cc1OC. The van der Waals surface area contributed by atoms with Gasteiger partial charge in [-0.3, -0.25) is 9.59 Å². The highest BCUT2D eigenvalue weighted by atomic mass is 16.6. The molecule has 142 valence electrons. The smallest absolute Gasteiger partial charge is 0.310 e. The number of ketones is 1. The summed E-state index contributed by atoms with van der Waals surface area (Å²) in [5.41, 5.74) is 1.10. The van der Waals surface area contributed by atoms with E-state index in [0.29, 0.717) is 47.3 Å². The average molecular weight is 372 g/mol. The van der Waals surface area contributed by atoms with Crippen molar-refractivity contribution in [3.05, 3.63) is 47.5 Å². The number of fused-ring (bicyclic) bond motifs is 1. The summed E-state index contributed by atoms with van der Waals surface area (Å²) >= 11 is 0. The average Bonchev–Trinajstić information content (AvgIpc) is 2.71. The first-order valence-corrected chi connectivity index (χ1v) is 8.40. The van der Waals surface area contributed by atoms with Crippen LogP contribution in [0.2, 0.25) is 0 Å². The number of Topliss-reactive ketones (excluding diaryl/α,β-unsaturated/α-hetero) is 1. The molecule has 7 heteroatoms. The number of esters is 1. The predicted octanol–water partition coefficient (Wildman–Crippen LogP) is 2.44. The first-order valence-electron chi connectivity index (χ1n) is 8.40. The lowest BCUT2D eigenvalue weighted by Gasteiger charge is -2.18. The van der Waals surface area contributed by atoms with E-state index in [4.69, 9.17) is 23.7 Å². The first-order chi connectivity index (χ1) is 13.1. The standard InChI is InChI=1S/C20H20O7/c1-23-16-5-3-13(9-18(16)24-2)10-20(22)27-12-15(21)14-4-6-17-19(11-14)26-8-7-25-17/h3-6,9,11H,7-8,10,12H2,1-2H3. The van der Waals surface area contributed by atoms with Crippen molar-refractivity contribution in [3.8, 4) is 23.0 Å². The van der Waals surface area contributed by atoms with Crippen molar-refractivity contribution in [2.75, 3.05) is 34.0 Å². The summed E-state index contributed by atoms with van der Waals surface area (Å²) in [6.07, 6.45) is 0.0226. The Hall–Kier alpha value is -3.22. The maximum atomic E-state index is 12.3. The van der Waals surface area contributed by atoms with Gasteiger partial charge >= 0.3 is 5.97 Å². The van der Waals surface area contributed by atoms with E-state index >= 15 is 0 Å². The minimum atomic E-state index is -0.506. The highest BCUT2D eigenvalue weighted by Crippen LogP contribution is 2.31. The molecule has 1 aliphatic rings. The van der Waals surface area contributed by atoms with Crippen molar-refractivity contribution in [3.63, 3.8) is 0 Å². The minimum absolute atomic E-state index is 0.0226. The second-order valence-corrected chi connectivity index (χ2v) is 5.81. The molecule has 0 unspecified atom stereocenters. The van der Waals surface area contributed by atoms with Gasteiger partial charge in [-0.1, -0.05) is 6.07 Å². The number of benzene rings is 2. The van der Waals surface area contributed by atoms with Crippen molar-refractivity contribution in [2.45, 2.75) is 6.42 Å². The Bertz CT molecular complexity index is 844. The molecular weight excluding hydrogens is 352 g/mol. The van der Waals surface area contributed by atoms with Crippen molar-refractivity contribution in [2.24, 2.45) is 0 Å². The molecule has 0 fully saturated rings. The molecule has 7 nitrogen and oxygen atoms in total. The summed E-state index contributed by atoms with van der Waals surface area (Å²) in [7, 11) is 3.06. The Morgan fingerprint density at radius 1 is 0.926 bits per heavy atom. The second kappa shape index (κ2) is 8.44. The fourth-order valence-electron chi connectivity index (χ4n) is 2.65. The lowest BCUT2D eigenvalue weighted by molar-refractivity contribution is -0.141. The van der Waals surface area contributed by atoms with E-state index in [9.17, 15) is 9.59 Å². The lowest BCUT2D eigenvalue weighted by Crippen LogP contribution is -2.18. The van der Waals surface area contributed by atoms with E-state index in [2.05, 4.69) is 0 Å². The second-order valence-electron chi connectivity index (χ2n) is 5.81. The Labute approximate surface area is 156 Å². The third-order valence-corrected chi connectivity index (χ3v) is 4.02. The summed E-state index contributed by atoms with van der Waals surface area (Å²) < 4.78 is 26.3. The number of carbonyl (C=O) groups is 2. The van der Waals surface area contributed by atoms with Crippen LogP contribution < -0.4 is 18.9 Å². The maximum absolute atomic E-state index is 12.3.